The molecular weight excluding hydrogens is 258 g/mol. The van der Waals surface area contributed by atoms with Crippen LogP contribution in [0.5, 0.6) is 5.75 Å². The number of hydrogen-bond acceptors (Lipinski definition) is 4. The fraction of sp³-hybridized carbons (Fsp3) is 0.286. The summed E-state index contributed by atoms with van der Waals surface area (Å²) in [6, 6.07) is 4.51. The van der Waals surface area contributed by atoms with E-state index in [0.29, 0.717) is 11.1 Å². The molecule has 0 bridgehead atoms. The molecule has 0 saturated heterocycles. The number of H-pyrrole nitrogens is 1. The Kier molecular flexibility index (Phi) is 3.76. The number of fused-ring (bicyclic) bond motifs is 1. The second-order valence-corrected chi connectivity index (χ2v) is 4.75. The van der Waals surface area contributed by atoms with E-state index in [2.05, 4.69) is 4.98 Å². The highest BCUT2D eigenvalue weighted by Crippen LogP contribution is 2.23. The van der Waals surface area contributed by atoms with Crippen molar-refractivity contribution < 1.29 is 9.53 Å². The molecule has 0 radical (unpaired) electrons. The van der Waals surface area contributed by atoms with Gasteiger partial charge < -0.3 is 21.2 Å². The first-order valence-corrected chi connectivity index (χ1v) is 6.18. The number of rotatable bonds is 4. The van der Waals surface area contributed by atoms with Gasteiger partial charge in [-0.2, -0.15) is 0 Å². The lowest BCUT2D eigenvalue weighted by Crippen LogP contribution is -2.39. The lowest BCUT2D eigenvalue weighted by atomic mass is 10.0. The number of carbonyl (C=O) groups is 1. The topological polar surface area (TPSA) is 111 Å². The number of ether oxygens (including phenoxy) is 1. The molecular formula is C14H17N3O3. The van der Waals surface area contributed by atoms with E-state index < -0.39 is 11.9 Å². The summed E-state index contributed by atoms with van der Waals surface area (Å²) < 4.78 is 5.25. The van der Waals surface area contributed by atoms with Gasteiger partial charge in [0.15, 0.2) is 0 Å². The van der Waals surface area contributed by atoms with E-state index in [1.807, 2.05) is 19.1 Å². The molecule has 6 heteroatoms. The molecule has 0 aliphatic carbocycles. The number of nitrogens with two attached hydrogens (primary N) is 2. The zero-order valence-corrected chi connectivity index (χ0v) is 11.4. The lowest BCUT2D eigenvalue weighted by Gasteiger charge is -2.10. The standard InChI is InChI=1S/C14H17N3O3/c1-7-3-11-8(6-12(7)20-2)4-9(14(19)17-11)5-10(15)13(16)18/h3-4,6,10H,5,15H2,1-2H3,(H2,16,18)(H,17,19)/t10-/m0/s1. The third-order valence-corrected chi connectivity index (χ3v) is 3.24. The summed E-state index contributed by atoms with van der Waals surface area (Å²) in [6.45, 7) is 1.90. The fourth-order valence-corrected chi connectivity index (χ4v) is 2.10. The number of aromatic amines is 1. The maximum atomic E-state index is 12.0. The summed E-state index contributed by atoms with van der Waals surface area (Å²) in [5, 5.41) is 0.818. The molecule has 0 aliphatic rings. The highest BCUT2D eigenvalue weighted by atomic mass is 16.5. The van der Waals surface area contributed by atoms with Crippen molar-refractivity contribution in [2.45, 2.75) is 19.4 Å². The van der Waals surface area contributed by atoms with Crippen molar-refractivity contribution in [1.82, 2.24) is 4.98 Å². The molecule has 0 saturated carbocycles. The third kappa shape index (κ3) is 2.65. The molecule has 20 heavy (non-hydrogen) atoms. The predicted molar refractivity (Wildman–Crippen MR) is 76.7 cm³/mol. The van der Waals surface area contributed by atoms with Crippen LogP contribution >= 0.6 is 0 Å². The van der Waals surface area contributed by atoms with Crippen LogP contribution < -0.4 is 21.8 Å². The zero-order chi connectivity index (χ0) is 14.9. The van der Waals surface area contributed by atoms with Gasteiger partial charge in [0, 0.05) is 22.9 Å². The van der Waals surface area contributed by atoms with E-state index in [0.717, 1.165) is 16.7 Å². The first-order valence-electron chi connectivity index (χ1n) is 6.18. The summed E-state index contributed by atoms with van der Waals surface area (Å²) in [6.07, 6.45) is 0.108. The normalized spacial score (nSPS) is 12.3. The molecule has 106 valence electrons. The van der Waals surface area contributed by atoms with Crippen molar-refractivity contribution in [3.8, 4) is 5.75 Å². The fourth-order valence-electron chi connectivity index (χ4n) is 2.10. The van der Waals surface area contributed by atoms with Crippen LogP contribution in [0.1, 0.15) is 11.1 Å². The molecule has 1 atom stereocenters. The Hall–Kier alpha value is -2.34. The number of amides is 1. The summed E-state index contributed by atoms with van der Waals surface area (Å²) in [5.41, 5.74) is 12.5. The van der Waals surface area contributed by atoms with Crippen LogP contribution in [0.15, 0.2) is 23.0 Å². The minimum atomic E-state index is -0.874. The lowest BCUT2D eigenvalue weighted by molar-refractivity contribution is -0.119. The summed E-state index contributed by atoms with van der Waals surface area (Å²) in [5.74, 6) is 0.0979. The van der Waals surface area contributed by atoms with Gasteiger partial charge in [0.1, 0.15) is 5.75 Å². The number of aromatic nitrogens is 1. The maximum absolute atomic E-state index is 12.0. The van der Waals surface area contributed by atoms with E-state index in [-0.39, 0.29) is 12.0 Å². The molecule has 2 rings (SSSR count). The van der Waals surface area contributed by atoms with Gasteiger partial charge in [-0.1, -0.05) is 0 Å². The van der Waals surface area contributed by atoms with Crippen LogP contribution in [0.4, 0.5) is 0 Å². The van der Waals surface area contributed by atoms with Crippen molar-refractivity contribution in [1.29, 1.82) is 0 Å². The molecule has 6 nitrogen and oxygen atoms in total. The van der Waals surface area contributed by atoms with Gasteiger partial charge >= 0.3 is 0 Å². The van der Waals surface area contributed by atoms with Crippen molar-refractivity contribution >= 4 is 16.8 Å². The van der Waals surface area contributed by atoms with Crippen molar-refractivity contribution in [3.63, 3.8) is 0 Å². The molecule has 1 aromatic heterocycles. The maximum Gasteiger partial charge on any atom is 0.251 e. The Morgan fingerprint density at radius 3 is 2.70 bits per heavy atom. The Balaban J connectivity index is 2.52. The van der Waals surface area contributed by atoms with Crippen LogP contribution in [0.3, 0.4) is 0 Å². The van der Waals surface area contributed by atoms with E-state index in [4.69, 9.17) is 16.2 Å². The highest BCUT2D eigenvalue weighted by molar-refractivity contribution is 5.83. The average Bonchev–Trinajstić information content (AvgIpc) is 2.39. The molecule has 0 spiro atoms. The van der Waals surface area contributed by atoms with Gasteiger partial charge in [0.2, 0.25) is 5.91 Å². The zero-order valence-electron chi connectivity index (χ0n) is 11.4. The van der Waals surface area contributed by atoms with E-state index in [1.54, 1.807) is 13.2 Å². The van der Waals surface area contributed by atoms with Crippen LogP contribution in [0, 0.1) is 6.92 Å². The minimum absolute atomic E-state index is 0.108. The monoisotopic (exact) mass is 275 g/mol. The average molecular weight is 275 g/mol. The molecule has 1 heterocycles. The molecule has 5 N–H and O–H groups in total. The van der Waals surface area contributed by atoms with Crippen LogP contribution in [-0.4, -0.2) is 24.0 Å². The summed E-state index contributed by atoms with van der Waals surface area (Å²) in [7, 11) is 1.59. The molecule has 1 aromatic carbocycles. The van der Waals surface area contributed by atoms with Crippen molar-refractivity contribution in [3.05, 3.63) is 39.7 Å². The first kappa shape index (κ1) is 14.1. The van der Waals surface area contributed by atoms with Crippen molar-refractivity contribution in [2.24, 2.45) is 11.5 Å². The molecule has 0 aliphatic heterocycles. The number of pyridine rings is 1. The van der Waals surface area contributed by atoms with E-state index >= 15 is 0 Å². The van der Waals surface area contributed by atoms with E-state index in [9.17, 15) is 9.59 Å². The SMILES string of the molecule is COc1cc2cc(C[C@H](N)C(N)=O)c(=O)[nH]c2cc1C. The molecule has 1 amide bonds. The highest BCUT2D eigenvalue weighted by Gasteiger charge is 2.13. The second kappa shape index (κ2) is 5.34. The van der Waals surface area contributed by atoms with Gasteiger partial charge in [-0.25, -0.2) is 0 Å². The van der Waals surface area contributed by atoms with Crippen LogP contribution in [0.2, 0.25) is 0 Å². The quantitative estimate of drug-likeness (QED) is 0.740. The van der Waals surface area contributed by atoms with Crippen molar-refractivity contribution in [2.75, 3.05) is 7.11 Å². The number of carbonyl (C=O) groups excluding carboxylic acids is 1. The van der Waals surface area contributed by atoms with Gasteiger partial charge in [-0.3, -0.25) is 9.59 Å². The molecule has 2 aromatic rings. The Morgan fingerprint density at radius 1 is 1.40 bits per heavy atom. The smallest absolute Gasteiger partial charge is 0.251 e. The predicted octanol–water partition coefficient (Wildman–Crippen LogP) is 0.200. The summed E-state index contributed by atoms with van der Waals surface area (Å²) >= 11 is 0. The third-order valence-electron chi connectivity index (χ3n) is 3.24. The first-order chi connectivity index (χ1) is 9.42. The van der Waals surface area contributed by atoms with Gasteiger partial charge in [0.05, 0.1) is 13.2 Å². The number of hydrogen-bond donors (Lipinski definition) is 3. The van der Waals surface area contributed by atoms with Crippen LogP contribution in [0.25, 0.3) is 10.9 Å². The van der Waals surface area contributed by atoms with Gasteiger partial charge in [0.25, 0.3) is 5.56 Å². The Morgan fingerprint density at radius 2 is 2.10 bits per heavy atom. The Labute approximate surface area is 115 Å². The van der Waals surface area contributed by atoms with Gasteiger partial charge in [-0.15, -0.1) is 0 Å². The number of benzene rings is 1. The number of nitrogens with one attached hydrogen (secondary N) is 1. The second-order valence-electron chi connectivity index (χ2n) is 4.75. The number of primary amides is 1. The largest absolute Gasteiger partial charge is 0.496 e. The number of methoxy groups -OCH3 is 1. The minimum Gasteiger partial charge on any atom is -0.496 e. The number of aryl methyl sites for hydroxylation is 1. The van der Waals surface area contributed by atoms with E-state index in [1.165, 1.54) is 0 Å². The molecule has 0 fully saturated rings. The summed E-state index contributed by atoms with van der Waals surface area (Å²) in [4.78, 5) is 25.7. The van der Waals surface area contributed by atoms with Gasteiger partial charge in [-0.05, 0) is 30.7 Å². The molecule has 0 unspecified atom stereocenters. The Bertz CT molecular complexity index is 721. The van der Waals surface area contributed by atoms with Crippen LogP contribution in [-0.2, 0) is 11.2 Å².